The standard InChI is InChI=1S/C18H17N3O2S/c1-2-23-16-9-5-14(6-10-16)17-12-24-18(20-17)21-19-11-13-3-7-15(22)8-4-13/h3-12,22H,2H2,1H3,(H,20,21). The van der Waals surface area contributed by atoms with Gasteiger partial charge in [-0.15, -0.1) is 11.3 Å². The molecule has 6 heteroatoms. The number of hydrogen-bond donors (Lipinski definition) is 2. The number of nitrogens with one attached hydrogen (secondary N) is 1. The van der Waals surface area contributed by atoms with E-state index in [2.05, 4.69) is 15.5 Å². The molecule has 122 valence electrons. The van der Waals surface area contributed by atoms with Crippen molar-refractivity contribution in [3.8, 4) is 22.8 Å². The van der Waals surface area contributed by atoms with Crippen molar-refractivity contribution in [3.63, 3.8) is 0 Å². The molecular weight excluding hydrogens is 322 g/mol. The Hall–Kier alpha value is -2.86. The molecule has 0 unspecified atom stereocenters. The number of anilines is 1. The van der Waals surface area contributed by atoms with Crippen molar-refractivity contribution in [2.75, 3.05) is 12.0 Å². The predicted molar refractivity (Wildman–Crippen MR) is 98.0 cm³/mol. The SMILES string of the molecule is CCOc1ccc(-c2csc(NN=Cc3ccc(O)cc3)n2)cc1. The summed E-state index contributed by atoms with van der Waals surface area (Å²) < 4.78 is 5.44. The second-order valence-electron chi connectivity index (χ2n) is 4.96. The molecule has 0 saturated carbocycles. The number of nitrogens with zero attached hydrogens (tertiary/aromatic N) is 2. The molecule has 0 amide bonds. The van der Waals surface area contributed by atoms with E-state index in [0.717, 1.165) is 22.6 Å². The van der Waals surface area contributed by atoms with Crippen LogP contribution in [0.15, 0.2) is 59.0 Å². The molecule has 0 bridgehead atoms. The molecule has 0 atom stereocenters. The highest BCUT2D eigenvalue weighted by atomic mass is 32.1. The molecule has 3 aromatic rings. The second kappa shape index (κ2) is 7.61. The molecule has 0 spiro atoms. The molecule has 0 fully saturated rings. The number of thiazole rings is 1. The molecule has 0 saturated heterocycles. The predicted octanol–water partition coefficient (Wildman–Crippen LogP) is 4.36. The van der Waals surface area contributed by atoms with Crippen LogP contribution in [-0.4, -0.2) is 22.9 Å². The summed E-state index contributed by atoms with van der Waals surface area (Å²) in [6.07, 6.45) is 1.68. The molecule has 24 heavy (non-hydrogen) atoms. The Balaban J connectivity index is 1.63. The van der Waals surface area contributed by atoms with E-state index in [1.807, 2.05) is 36.6 Å². The maximum atomic E-state index is 9.24. The fraction of sp³-hybridized carbons (Fsp3) is 0.111. The van der Waals surface area contributed by atoms with Crippen LogP contribution in [0, 0.1) is 0 Å². The summed E-state index contributed by atoms with van der Waals surface area (Å²) in [6.45, 7) is 2.62. The lowest BCUT2D eigenvalue weighted by Crippen LogP contribution is -1.91. The van der Waals surface area contributed by atoms with Crippen molar-refractivity contribution in [2.45, 2.75) is 6.92 Å². The zero-order valence-electron chi connectivity index (χ0n) is 13.1. The van der Waals surface area contributed by atoms with Gasteiger partial charge in [0.15, 0.2) is 0 Å². The van der Waals surface area contributed by atoms with Crippen molar-refractivity contribution < 1.29 is 9.84 Å². The van der Waals surface area contributed by atoms with Gasteiger partial charge in [0, 0.05) is 10.9 Å². The molecule has 0 aliphatic rings. The van der Waals surface area contributed by atoms with Crippen LogP contribution in [0.2, 0.25) is 0 Å². The van der Waals surface area contributed by atoms with Gasteiger partial charge < -0.3 is 9.84 Å². The van der Waals surface area contributed by atoms with E-state index in [-0.39, 0.29) is 5.75 Å². The highest BCUT2D eigenvalue weighted by Gasteiger charge is 2.04. The van der Waals surface area contributed by atoms with Crippen LogP contribution in [0.4, 0.5) is 5.13 Å². The van der Waals surface area contributed by atoms with Gasteiger partial charge in [-0.25, -0.2) is 4.98 Å². The van der Waals surface area contributed by atoms with E-state index in [9.17, 15) is 5.11 Å². The van der Waals surface area contributed by atoms with Crippen molar-refractivity contribution in [2.24, 2.45) is 5.10 Å². The van der Waals surface area contributed by atoms with E-state index in [4.69, 9.17) is 4.74 Å². The number of phenols is 1. The number of aromatic hydroxyl groups is 1. The molecule has 2 N–H and O–H groups in total. The number of ether oxygens (including phenoxy) is 1. The summed E-state index contributed by atoms with van der Waals surface area (Å²) in [6, 6.07) is 14.7. The van der Waals surface area contributed by atoms with Crippen LogP contribution >= 0.6 is 11.3 Å². The topological polar surface area (TPSA) is 66.7 Å². The first-order valence-corrected chi connectivity index (χ1v) is 8.39. The number of phenolic OH excluding ortho intramolecular Hbond substituents is 1. The quantitative estimate of drug-likeness (QED) is 0.517. The molecule has 2 aromatic carbocycles. The van der Waals surface area contributed by atoms with Gasteiger partial charge in [-0.3, -0.25) is 5.43 Å². The van der Waals surface area contributed by atoms with Crippen molar-refractivity contribution >= 4 is 22.7 Å². The second-order valence-corrected chi connectivity index (χ2v) is 5.81. The first-order valence-electron chi connectivity index (χ1n) is 7.51. The lowest BCUT2D eigenvalue weighted by atomic mass is 10.2. The van der Waals surface area contributed by atoms with E-state index < -0.39 is 0 Å². The molecule has 3 rings (SSSR count). The van der Waals surface area contributed by atoms with Gasteiger partial charge in [-0.05, 0) is 61.0 Å². The van der Waals surface area contributed by atoms with Crippen LogP contribution in [0.25, 0.3) is 11.3 Å². The monoisotopic (exact) mass is 339 g/mol. The van der Waals surface area contributed by atoms with Gasteiger partial charge in [0.2, 0.25) is 5.13 Å². The third-order valence-electron chi connectivity index (χ3n) is 3.23. The largest absolute Gasteiger partial charge is 0.508 e. The normalized spacial score (nSPS) is 10.9. The Kier molecular flexibility index (Phi) is 5.08. The Morgan fingerprint density at radius 3 is 2.62 bits per heavy atom. The molecular formula is C18H17N3O2S. The van der Waals surface area contributed by atoms with Crippen LogP contribution in [0.1, 0.15) is 12.5 Å². The maximum Gasteiger partial charge on any atom is 0.203 e. The molecule has 5 nitrogen and oxygen atoms in total. The van der Waals surface area contributed by atoms with Crippen molar-refractivity contribution in [3.05, 3.63) is 59.5 Å². The van der Waals surface area contributed by atoms with E-state index in [0.29, 0.717) is 11.7 Å². The van der Waals surface area contributed by atoms with E-state index in [1.165, 1.54) is 11.3 Å². The molecule has 0 aliphatic heterocycles. The number of rotatable bonds is 6. The van der Waals surface area contributed by atoms with Crippen molar-refractivity contribution in [1.29, 1.82) is 0 Å². The zero-order valence-corrected chi connectivity index (χ0v) is 14.0. The maximum absolute atomic E-state index is 9.24. The Morgan fingerprint density at radius 1 is 1.17 bits per heavy atom. The first kappa shape index (κ1) is 16.0. The Bertz CT molecular complexity index is 811. The number of benzene rings is 2. The number of hydrogen-bond acceptors (Lipinski definition) is 6. The fourth-order valence-corrected chi connectivity index (χ4v) is 2.74. The molecule has 1 heterocycles. The minimum atomic E-state index is 0.236. The van der Waals surface area contributed by atoms with Gasteiger partial charge >= 0.3 is 0 Å². The smallest absolute Gasteiger partial charge is 0.203 e. The summed E-state index contributed by atoms with van der Waals surface area (Å²) in [7, 11) is 0. The van der Waals surface area contributed by atoms with Gasteiger partial charge in [-0.1, -0.05) is 0 Å². The first-order chi connectivity index (χ1) is 11.7. The minimum absolute atomic E-state index is 0.236. The average molecular weight is 339 g/mol. The summed E-state index contributed by atoms with van der Waals surface area (Å²) in [5, 5.41) is 16.1. The lowest BCUT2D eigenvalue weighted by Gasteiger charge is -2.03. The fourth-order valence-electron chi connectivity index (χ4n) is 2.07. The van der Waals surface area contributed by atoms with Crippen LogP contribution in [0.3, 0.4) is 0 Å². The van der Waals surface area contributed by atoms with Crippen LogP contribution in [0.5, 0.6) is 11.5 Å². The van der Waals surface area contributed by atoms with Gasteiger partial charge in [0.05, 0.1) is 18.5 Å². The molecule has 1 aromatic heterocycles. The highest BCUT2D eigenvalue weighted by Crippen LogP contribution is 2.26. The van der Waals surface area contributed by atoms with Gasteiger partial charge in [0.25, 0.3) is 0 Å². The summed E-state index contributed by atoms with van der Waals surface area (Å²) in [5.41, 5.74) is 5.74. The van der Waals surface area contributed by atoms with Gasteiger partial charge in [0.1, 0.15) is 11.5 Å². The summed E-state index contributed by atoms with van der Waals surface area (Å²) in [4.78, 5) is 4.51. The number of aromatic nitrogens is 1. The number of hydrazone groups is 1. The van der Waals surface area contributed by atoms with Crippen molar-refractivity contribution in [1.82, 2.24) is 4.98 Å². The van der Waals surface area contributed by atoms with E-state index in [1.54, 1.807) is 30.5 Å². The van der Waals surface area contributed by atoms with Crippen LogP contribution < -0.4 is 10.2 Å². The third-order valence-corrected chi connectivity index (χ3v) is 3.98. The molecule has 0 radical (unpaired) electrons. The van der Waals surface area contributed by atoms with Gasteiger partial charge in [-0.2, -0.15) is 5.10 Å². The summed E-state index contributed by atoms with van der Waals surface area (Å²) in [5.74, 6) is 1.09. The average Bonchev–Trinajstić information content (AvgIpc) is 3.07. The Labute approximate surface area is 144 Å². The van der Waals surface area contributed by atoms with Crippen LogP contribution in [-0.2, 0) is 0 Å². The lowest BCUT2D eigenvalue weighted by molar-refractivity contribution is 0.340. The third kappa shape index (κ3) is 4.11. The Morgan fingerprint density at radius 2 is 1.92 bits per heavy atom. The van der Waals surface area contributed by atoms with E-state index >= 15 is 0 Å². The highest BCUT2D eigenvalue weighted by molar-refractivity contribution is 7.14. The summed E-state index contributed by atoms with van der Waals surface area (Å²) >= 11 is 1.49. The minimum Gasteiger partial charge on any atom is -0.508 e. The zero-order chi connectivity index (χ0) is 16.8. The molecule has 0 aliphatic carbocycles.